The summed E-state index contributed by atoms with van der Waals surface area (Å²) in [6.45, 7) is 12.2. The molecule has 1 amide bonds. The van der Waals surface area contributed by atoms with Crippen LogP contribution in [-0.2, 0) is 23.1 Å². The van der Waals surface area contributed by atoms with Crippen molar-refractivity contribution in [3.05, 3.63) is 17.0 Å². The number of morpholine rings is 1. The molecule has 0 aromatic carbocycles. The molecular weight excluding hydrogens is 483 g/mol. The number of guanidine groups is 1. The van der Waals surface area contributed by atoms with E-state index < -0.39 is 0 Å². The number of nitrogens with zero attached hydrogens (tertiary/aromatic N) is 5. The largest absolute Gasteiger partial charge is 0.378 e. The molecule has 0 atom stereocenters. The van der Waals surface area contributed by atoms with Crippen LogP contribution in [0.15, 0.2) is 4.99 Å². The summed E-state index contributed by atoms with van der Waals surface area (Å²) in [6, 6.07) is 0. The van der Waals surface area contributed by atoms with Gasteiger partial charge in [0.15, 0.2) is 5.96 Å². The molecule has 9 heteroatoms. The smallest absolute Gasteiger partial charge is 0.225 e. The van der Waals surface area contributed by atoms with Crippen molar-refractivity contribution < 1.29 is 9.53 Å². The average Bonchev–Trinajstić information content (AvgIpc) is 2.97. The number of hydrogen-bond acceptors (Lipinski definition) is 4. The summed E-state index contributed by atoms with van der Waals surface area (Å²) in [4.78, 5) is 21.9. The Bertz CT molecular complexity index is 706. The summed E-state index contributed by atoms with van der Waals surface area (Å²) < 4.78 is 7.27. The number of carbonyl (C=O) groups is 1. The van der Waals surface area contributed by atoms with Gasteiger partial charge >= 0.3 is 0 Å². The monoisotopic (exact) mass is 518 g/mol. The molecule has 1 aromatic rings. The number of ether oxygens (including phenoxy) is 1. The van der Waals surface area contributed by atoms with E-state index in [0.717, 1.165) is 62.9 Å². The summed E-state index contributed by atoms with van der Waals surface area (Å²) in [5.41, 5.74) is 3.39. The van der Waals surface area contributed by atoms with Crippen molar-refractivity contribution in [3.63, 3.8) is 0 Å². The molecule has 29 heavy (non-hydrogen) atoms. The van der Waals surface area contributed by atoms with E-state index in [2.05, 4.69) is 29.2 Å². The number of rotatable bonds is 4. The summed E-state index contributed by atoms with van der Waals surface area (Å²) in [5.74, 6) is 1.36. The third-order valence-corrected chi connectivity index (χ3v) is 5.85. The van der Waals surface area contributed by atoms with E-state index >= 15 is 0 Å². The number of carbonyl (C=O) groups excluding carboxylic acids is 1. The molecule has 0 bridgehead atoms. The van der Waals surface area contributed by atoms with E-state index in [0.29, 0.717) is 25.7 Å². The second kappa shape index (κ2) is 11.1. The SMILES string of the molecule is CCNC(=NCc1c(C)nn(C)c1C)N1CCC(C(=O)N2CCOCC2)CC1.I. The molecule has 0 radical (unpaired) electrons. The number of likely N-dealkylation sites (tertiary alicyclic amines) is 1. The lowest BCUT2D eigenvalue weighted by molar-refractivity contribution is -0.140. The number of aliphatic imine (C=N–C) groups is 1. The highest BCUT2D eigenvalue weighted by molar-refractivity contribution is 14.0. The molecule has 2 fully saturated rings. The van der Waals surface area contributed by atoms with Gasteiger partial charge < -0.3 is 19.9 Å². The van der Waals surface area contributed by atoms with Crippen LogP contribution in [0.4, 0.5) is 0 Å². The lowest BCUT2D eigenvalue weighted by atomic mass is 9.95. The van der Waals surface area contributed by atoms with Gasteiger partial charge in [0.05, 0.1) is 25.5 Å². The second-order valence-electron chi connectivity index (χ2n) is 7.64. The van der Waals surface area contributed by atoms with E-state index in [1.54, 1.807) is 0 Å². The Morgan fingerprint density at radius 1 is 1.17 bits per heavy atom. The first-order valence-corrected chi connectivity index (χ1v) is 10.4. The van der Waals surface area contributed by atoms with Gasteiger partial charge in [0, 0.05) is 56.9 Å². The van der Waals surface area contributed by atoms with E-state index in [4.69, 9.17) is 9.73 Å². The van der Waals surface area contributed by atoms with Gasteiger partial charge in [-0.2, -0.15) is 5.10 Å². The van der Waals surface area contributed by atoms with Crippen LogP contribution in [0.2, 0.25) is 0 Å². The maximum Gasteiger partial charge on any atom is 0.225 e. The molecule has 164 valence electrons. The summed E-state index contributed by atoms with van der Waals surface area (Å²) in [5, 5.41) is 7.90. The summed E-state index contributed by atoms with van der Waals surface area (Å²) in [7, 11) is 1.97. The van der Waals surface area contributed by atoms with Gasteiger partial charge in [-0.3, -0.25) is 9.48 Å². The van der Waals surface area contributed by atoms with Crippen LogP contribution in [0.5, 0.6) is 0 Å². The number of aromatic nitrogens is 2. The van der Waals surface area contributed by atoms with Crippen LogP contribution < -0.4 is 5.32 Å². The van der Waals surface area contributed by atoms with Crippen LogP contribution >= 0.6 is 24.0 Å². The zero-order valence-electron chi connectivity index (χ0n) is 18.1. The minimum absolute atomic E-state index is 0. The van der Waals surface area contributed by atoms with Crippen LogP contribution in [0, 0.1) is 19.8 Å². The Kier molecular flexibility index (Phi) is 9.19. The van der Waals surface area contributed by atoms with Crippen LogP contribution in [-0.4, -0.2) is 77.4 Å². The van der Waals surface area contributed by atoms with Crippen LogP contribution in [0.1, 0.15) is 36.7 Å². The molecule has 2 aliphatic heterocycles. The van der Waals surface area contributed by atoms with Gasteiger partial charge in [-0.25, -0.2) is 4.99 Å². The second-order valence-corrected chi connectivity index (χ2v) is 7.64. The molecule has 8 nitrogen and oxygen atoms in total. The molecule has 0 saturated carbocycles. The number of piperidine rings is 1. The van der Waals surface area contributed by atoms with E-state index in [1.807, 2.05) is 23.6 Å². The van der Waals surface area contributed by atoms with Gasteiger partial charge in [-0.1, -0.05) is 0 Å². The molecule has 3 heterocycles. The lowest BCUT2D eigenvalue weighted by Gasteiger charge is -2.36. The fraction of sp³-hybridized carbons (Fsp3) is 0.750. The fourth-order valence-electron chi connectivity index (χ4n) is 4.01. The molecule has 0 unspecified atom stereocenters. The minimum Gasteiger partial charge on any atom is -0.378 e. The Morgan fingerprint density at radius 2 is 1.83 bits per heavy atom. The number of amides is 1. The highest BCUT2D eigenvalue weighted by atomic mass is 127. The van der Waals surface area contributed by atoms with Gasteiger partial charge in [0.2, 0.25) is 5.91 Å². The molecule has 1 aromatic heterocycles. The zero-order valence-corrected chi connectivity index (χ0v) is 20.4. The molecule has 0 aliphatic carbocycles. The Hall–Kier alpha value is -1.36. The van der Waals surface area contributed by atoms with Crippen molar-refractivity contribution in [3.8, 4) is 0 Å². The van der Waals surface area contributed by atoms with Gasteiger partial charge in [0.25, 0.3) is 0 Å². The lowest BCUT2D eigenvalue weighted by Crippen LogP contribution is -2.50. The van der Waals surface area contributed by atoms with Crippen LogP contribution in [0.25, 0.3) is 0 Å². The predicted octanol–water partition coefficient (Wildman–Crippen LogP) is 1.69. The average molecular weight is 518 g/mol. The van der Waals surface area contributed by atoms with Crippen LogP contribution in [0.3, 0.4) is 0 Å². The van der Waals surface area contributed by atoms with E-state index in [9.17, 15) is 4.79 Å². The number of aryl methyl sites for hydroxylation is 2. The molecular formula is C20H35IN6O2. The molecule has 2 saturated heterocycles. The quantitative estimate of drug-likeness (QED) is 0.373. The zero-order chi connectivity index (χ0) is 20.1. The van der Waals surface area contributed by atoms with Crippen molar-refractivity contribution in [1.82, 2.24) is 24.9 Å². The van der Waals surface area contributed by atoms with Crippen molar-refractivity contribution in [2.75, 3.05) is 45.9 Å². The first-order valence-electron chi connectivity index (χ1n) is 10.4. The van der Waals surface area contributed by atoms with Crippen molar-refractivity contribution >= 4 is 35.8 Å². The normalized spacial score (nSPS) is 18.6. The predicted molar refractivity (Wildman–Crippen MR) is 125 cm³/mol. The van der Waals surface area contributed by atoms with E-state index in [-0.39, 0.29) is 29.9 Å². The first-order chi connectivity index (χ1) is 13.5. The topological polar surface area (TPSA) is 75.0 Å². The first kappa shape index (κ1) is 23.9. The van der Waals surface area contributed by atoms with Gasteiger partial charge in [-0.15, -0.1) is 24.0 Å². The highest BCUT2D eigenvalue weighted by Gasteiger charge is 2.30. The molecule has 0 spiro atoms. The van der Waals surface area contributed by atoms with Crippen molar-refractivity contribution in [1.29, 1.82) is 0 Å². The maximum atomic E-state index is 12.7. The maximum absolute atomic E-state index is 12.7. The molecule has 3 rings (SSSR count). The van der Waals surface area contributed by atoms with Crippen molar-refractivity contribution in [2.24, 2.45) is 18.0 Å². The number of halogens is 1. The third-order valence-electron chi connectivity index (χ3n) is 5.85. The Morgan fingerprint density at radius 3 is 2.38 bits per heavy atom. The van der Waals surface area contributed by atoms with E-state index in [1.165, 1.54) is 5.56 Å². The summed E-state index contributed by atoms with van der Waals surface area (Å²) in [6.07, 6.45) is 1.76. The number of hydrogen-bond donors (Lipinski definition) is 1. The van der Waals surface area contributed by atoms with Gasteiger partial charge in [0.1, 0.15) is 0 Å². The standard InChI is InChI=1S/C20H34N6O2.HI/c1-5-21-20(22-14-18-15(2)23-24(4)16(18)3)26-8-6-17(7-9-26)19(27)25-10-12-28-13-11-25;/h17H,5-14H2,1-4H3,(H,21,22);1H. The fourth-order valence-corrected chi connectivity index (χ4v) is 4.01. The highest BCUT2D eigenvalue weighted by Crippen LogP contribution is 2.21. The summed E-state index contributed by atoms with van der Waals surface area (Å²) >= 11 is 0. The van der Waals surface area contributed by atoms with Crippen molar-refractivity contribution in [2.45, 2.75) is 40.2 Å². The Balaban J connectivity index is 0.00000300. The molecule has 1 N–H and O–H groups in total. The third kappa shape index (κ3) is 5.84. The van der Waals surface area contributed by atoms with Gasteiger partial charge in [-0.05, 0) is 33.6 Å². The Labute approximate surface area is 191 Å². The minimum atomic E-state index is 0. The molecule has 2 aliphatic rings. The number of nitrogens with one attached hydrogen (secondary N) is 1.